The lowest BCUT2D eigenvalue weighted by molar-refractivity contribution is -0.165. The van der Waals surface area contributed by atoms with E-state index in [9.17, 15) is 29.1 Å². The number of aldehydes is 1. The molecule has 0 saturated carbocycles. The molecule has 84 heavy (non-hydrogen) atoms. The fourth-order valence-corrected chi connectivity index (χ4v) is 21.3. The van der Waals surface area contributed by atoms with Crippen molar-refractivity contribution >= 4 is 73.6 Å². The van der Waals surface area contributed by atoms with Crippen molar-refractivity contribution in [3.63, 3.8) is 0 Å². The van der Waals surface area contributed by atoms with Crippen LogP contribution in [0.5, 0.6) is 0 Å². The first-order valence-corrected chi connectivity index (χ1v) is 34.7. The van der Waals surface area contributed by atoms with Crippen LogP contribution in [0.1, 0.15) is 103 Å². The molecule has 0 fully saturated rings. The second-order valence-electron chi connectivity index (χ2n) is 22.3. The number of nitrogens with one attached hydrogen (secondary N) is 1. The molecule has 0 aliphatic rings. The van der Waals surface area contributed by atoms with E-state index in [1.54, 1.807) is 34.6 Å². The number of aliphatic hydroxyl groups is 1. The van der Waals surface area contributed by atoms with Gasteiger partial charge >= 0.3 is 44.4 Å². The number of anilines is 3. The fourth-order valence-electron chi connectivity index (χ4n) is 10.2. The molecule has 0 radical (unpaired) electrons. The first-order valence-electron chi connectivity index (χ1n) is 28.9. The quantitative estimate of drug-likeness (QED) is 0.00937. The van der Waals surface area contributed by atoms with Gasteiger partial charge in [-0.2, -0.15) is 0 Å². The number of carbonyl (C=O) groups excluding carboxylic acids is 5. The largest absolute Gasteiger partial charge is 0.493 e. The van der Waals surface area contributed by atoms with Crippen molar-refractivity contribution in [3.8, 4) is 11.1 Å². The fraction of sp³-hybridized carbons (Fsp3) is 0.532. The molecule has 22 heteroatoms. The van der Waals surface area contributed by atoms with Gasteiger partial charge in [0.25, 0.3) is 0 Å². The summed E-state index contributed by atoms with van der Waals surface area (Å²) in [6, 6.07) is 34.5. The third-order valence-corrected chi connectivity index (χ3v) is 26.3. The van der Waals surface area contributed by atoms with Crippen LogP contribution in [0.15, 0.2) is 97.1 Å². The van der Waals surface area contributed by atoms with Gasteiger partial charge in [-0.15, -0.1) is 0 Å². The maximum Gasteiger partial charge on any atom is 0.493 e. The molecule has 4 aromatic carbocycles. The topological polar surface area (TPSA) is 239 Å². The lowest BCUT2D eigenvalue weighted by Gasteiger charge is -2.41. The van der Waals surface area contributed by atoms with E-state index in [1.807, 2.05) is 18.2 Å². The number of alkyl carbamates (subject to hydrolysis) is 1. The van der Waals surface area contributed by atoms with Crippen LogP contribution in [0, 0.1) is 30.1 Å². The molecule has 4 aromatic rings. The Balaban J connectivity index is 1.41. The van der Waals surface area contributed by atoms with E-state index in [0.717, 1.165) is 33.8 Å². The average molecular weight is 1220 g/mol. The van der Waals surface area contributed by atoms with Crippen molar-refractivity contribution in [1.29, 1.82) is 0 Å². The molecule has 1 amide bonds. The van der Waals surface area contributed by atoms with E-state index in [1.165, 1.54) is 46.7 Å². The summed E-state index contributed by atoms with van der Waals surface area (Å²) in [7, 11) is -3.94. The van der Waals surface area contributed by atoms with Gasteiger partial charge in [0.1, 0.15) is 0 Å². The molecule has 3 unspecified atom stereocenters. The number of nitrogens with two attached hydrogens (primary N) is 1. The molecule has 0 heterocycles. The van der Waals surface area contributed by atoms with Gasteiger partial charge in [0.2, 0.25) is 5.78 Å². The van der Waals surface area contributed by atoms with Gasteiger partial charge in [0.15, 0.2) is 6.29 Å². The number of nitrogens with zero attached hydrogens (tertiary/aromatic N) is 1. The van der Waals surface area contributed by atoms with E-state index >= 15 is 0 Å². The molecule has 3 atom stereocenters. The summed E-state index contributed by atoms with van der Waals surface area (Å²) in [5, 5.41) is 12.1. The molecule has 4 rings (SSSR count). The summed E-state index contributed by atoms with van der Waals surface area (Å²) in [4.78, 5) is 67.7. The molecular formula is C62H93N3O16Si3. The number of aliphatic hydroxyl groups excluding tert-OH is 1. The van der Waals surface area contributed by atoms with Gasteiger partial charge in [-0.3, -0.25) is 19.2 Å². The molecule has 0 bridgehead atoms. The molecule has 19 nitrogen and oxygen atoms in total. The molecule has 0 aromatic heterocycles. The molecular weight excluding hydrogens is 1130 g/mol. The van der Waals surface area contributed by atoms with E-state index in [0.29, 0.717) is 38.3 Å². The number of hydrogen-bond donors (Lipinski definition) is 3. The van der Waals surface area contributed by atoms with Crippen LogP contribution in [-0.4, -0.2) is 137 Å². The first-order chi connectivity index (χ1) is 40.0. The number of benzene rings is 4. The van der Waals surface area contributed by atoms with Crippen LogP contribution in [0.25, 0.3) is 11.1 Å². The Morgan fingerprint density at radius 3 is 1.67 bits per heavy atom. The third kappa shape index (κ3) is 20.3. The summed E-state index contributed by atoms with van der Waals surface area (Å²) >= 11 is 0. The maximum absolute atomic E-state index is 14.4. The van der Waals surface area contributed by atoms with Crippen LogP contribution in [0.2, 0.25) is 18.1 Å². The van der Waals surface area contributed by atoms with Crippen molar-refractivity contribution < 1.29 is 73.7 Å². The Morgan fingerprint density at radius 1 is 0.595 bits per heavy atom. The third-order valence-electron chi connectivity index (χ3n) is 15.3. The second kappa shape index (κ2) is 34.0. The zero-order chi connectivity index (χ0) is 62.0. The van der Waals surface area contributed by atoms with Crippen molar-refractivity contribution in [3.05, 3.63) is 114 Å². The lowest BCUT2D eigenvalue weighted by atomic mass is 9.64. The van der Waals surface area contributed by atoms with E-state index < -0.39 is 66.5 Å². The molecule has 0 saturated heterocycles. The number of rotatable bonds is 40. The maximum atomic E-state index is 14.4. The monoisotopic (exact) mass is 1220 g/mol. The molecule has 0 spiro atoms. The van der Waals surface area contributed by atoms with Gasteiger partial charge in [-0.25, -0.2) is 4.79 Å². The van der Waals surface area contributed by atoms with Crippen LogP contribution in [0.3, 0.4) is 0 Å². The number of aryl methyl sites for hydroxylation is 3. The normalized spacial score (nSPS) is 14.1. The standard InChI is InChI=1S/C62H93N3O16Si3/c1-13-61(6,56(68)45-67)47-62(7,46-60(4,5)57(69)77-39-20-37-66)58(70)78-40-21-43-84(76-12,80-82(72-8,73-9)41-18-35-63)81-83(74-10,75-11)42-19-36-64-59(71)79-38-17-22-50-26-31-53(32-27-50)65(55-30-25-48(2)49(3)44-55)54-33-28-52(29-34-54)51-23-15-14-16-24-51/h14-16,23-34,44-45,66H,13,17-22,35-43,46-47,63H2,1-12H3,(H,64,71). The van der Waals surface area contributed by atoms with Gasteiger partial charge in [-0.1, -0.05) is 74.5 Å². The predicted octanol–water partition coefficient (Wildman–Crippen LogP) is 10.8. The highest BCUT2D eigenvalue weighted by Gasteiger charge is 2.58. The smallest absolute Gasteiger partial charge is 0.465 e. The number of amides is 1. The molecule has 0 aliphatic heterocycles. The first kappa shape index (κ1) is 71.0. The number of Topliss-reactive ketones (excluding diaryl/α,β-unsaturated/α-hetero) is 1. The summed E-state index contributed by atoms with van der Waals surface area (Å²) in [5.41, 5.74) is 11.0. The zero-order valence-electron chi connectivity index (χ0n) is 51.6. The minimum absolute atomic E-state index is 0.0162. The van der Waals surface area contributed by atoms with Gasteiger partial charge in [0, 0.05) is 95.7 Å². The van der Waals surface area contributed by atoms with Gasteiger partial charge in [-0.05, 0) is 157 Å². The van der Waals surface area contributed by atoms with Crippen molar-refractivity contribution in [2.24, 2.45) is 22.0 Å². The Labute approximate surface area is 501 Å². The zero-order valence-corrected chi connectivity index (χ0v) is 54.6. The Morgan fingerprint density at radius 2 is 1.12 bits per heavy atom. The van der Waals surface area contributed by atoms with Crippen LogP contribution >= 0.6 is 0 Å². The lowest BCUT2D eigenvalue weighted by Crippen LogP contribution is -2.63. The predicted molar refractivity (Wildman–Crippen MR) is 330 cm³/mol. The summed E-state index contributed by atoms with van der Waals surface area (Å²) in [6.07, 6.45) is 2.27. The average Bonchev–Trinajstić information content (AvgIpc) is 3.04. The second-order valence-corrected chi connectivity index (χ2v) is 31.5. The molecule has 464 valence electrons. The van der Waals surface area contributed by atoms with E-state index in [-0.39, 0.29) is 83.5 Å². The highest BCUT2D eigenvalue weighted by Crippen LogP contribution is 2.46. The number of esters is 2. The van der Waals surface area contributed by atoms with Crippen LogP contribution in [0.4, 0.5) is 21.9 Å². The Hall–Kier alpha value is -5.48. The van der Waals surface area contributed by atoms with E-state index in [4.69, 9.17) is 50.3 Å². The van der Waals surface area contributed by atoms with Crippen molar-refractivity contribution in [2.45, 2.75) is 124 Å². The Bertz CT molecular complexity index is 2680. The SMILES string of the molecule is CCC(C)(CC(C)(CC(C)(C)C(=O)OCCCO)C(=O)OCCC[Si](OC)(O[Si](CCCN)(OC)OC)O[Si](CCCNC(=O)OCCCc1ccc(N(c2ccc(-c3ccccc3)cc2)c2ccc(C)c(C)c2)cc1)(OC)OC)C(=O)C=O. The highest BCUT2D eigenvalue weighted by molar-refractivity contribution is 6.80. The summed E-state index contributed by atoms with van der Waals surface area (Å²) in [5.74, 6) is -1.97. The summed E-state index contributed by atoms with van der Waals surface area (Å²) in [6.45, 7) is 12.8. The van der Waals surface area contributed by atoms with Gasteiger partial charge < -0.3 is 65.6 Å². The summed E-state index contributed by atoms with van der Waals surface area (Å²) < 4.78 is 60.9. The molecule has 0 aliphatic carbocycles. The number of carbonyl (C=O) groups is 5. The minimum atomic E-state index is -4.00. The van der Waals surface area contributed by atoms with Crippen molar-refractivity contribution in [2.75, 3.05) is 80.0 Å². The number of hydrogen-bond acceptors (Lipinski definition) is 18. The molecule has 4 N–H and O–H groups in total. The van der Waals surface area contributed by atoms with Gasteiger partial charge in [0.05, 0.1) is 30.7 Å². The number of ether oxygens (including phenoxy) is 3. The number of ketones is 1. The van der Waals surface area contributed by atoms with Crippen LogP contribution in [-0.2, 0) is 70.2 Å². The Kier molecular flexibility index (Phi) is 28.8. The van der Waals surface area contributed by atoms with Crippen molar-refractivity contribution in [1.82, 2.24) is 5.32 Å². The highest BCUT2D eigenvalue weighted by atomic mass is 28.5. The van der Waals surface area contributed by atoms with E-state index in [2.05, 4.69) is 103 Å². The van der Waals surface area contributed by atoms with Crippen LogP contribution < -0.4 is 16.0 Å². The minimum Gasteiger partial charge on any atom is -0.465 e.